The van der Waals surface area contributed by atoms with Gasteiger partial charge in [0.15, 0.2) is 23.0 Å². The van der Waals surface area contributed by atoms with Gasteiger partial charge in [-0.2, -0.15) is 0 Å². The van der Waals surface area contributed by atoms with Crippen LogP contribution in [0.25, 0.3) is 0 Å². The zero-order chi connectivity index (χ0) is 27.2. The van der Waals surface area contributed by atoms with Crippen LogP contribution in [0.3, 0.4) is 0 Å². The first-order valence-corrected chi connectivity index (χ1v) is 12.7. The predicted molar refractivity (Wildman–Crippen MR) is 149 cm³/mol. The van der Waals surface area contributed by atoms with Crippen molar-refractivity contribution in [1.82, 2.24) is 0 Å². The van der Waals surface area contributed by atoms with Gasteiger partial charge in [-0.15, -0.1) is 0 Å². The topological polar surface area (TPSA) is 121 Å². The molecule has 8 nitrogen and oxygen atoms in total. The molecule has 1 aliphatic rings. The molecular weight excluding hydrogens is 539 g/mol. The summed E-state index contributed by atoms with van der Waals surface area (Å²) in [7, 11) is 0. The van der Waals surface area contributed by atoms with E-state index in [1.807, 2.05) is 36.4 Å². The number of hydrogen-bond acceptors (Lipinski definition) is 7. The smallest absolute Gasteiger partial charge is 0.504 e. The van der Waals surface area contributed by atoms with Gasteiger partial charge >= 0.3 is 17.1 Å². The molecule has 3 N–H and O–H groups in total. The fourth-order valence-electron chi connectivity index (χ4n) is 3.76. The molecule has 0 aliphatic carbocycles. The average molecular weight is 574 g/mol. The molecule has 0 spiro atoms. The molecule has 1 radical (unpaired) electrons. The summed E-state index contributed by atoms with van der Waals surface area (Å²) in [4.78, 5) is 18.1. The van der Waals surface area contributed by atoms with Crippen molar-refractivity contribution in [2.75, 3.05) is 13.2 Å². The largest absolute Gasteiger partial charge is 2.00 e. The van der Waals surface area contributed by atoms with E-state index in [4.69, 9.17) is 19.4 Å². The summed E-state index contributed by atoms with van der Waals surface area (Å²) in [5.74, 6) is 0.252. The number of carbonyl (C=O) groups is 1. The number of hydrogen-bond donors (Lipinski definition) is 3. The Balaban J connectivity index is 0.000000998. The number of aliphatic imine (C=N–C) groups is 2. The monoisotopic (exact) mass is 573 g/mol. The van der Waals surface area contributed by atoms with Gasteiger partial charge in [0, 0.05) is 30.5 Å². The van der Waals surface area contributed by atoms with Crippen LogP contribution in [0, 0.1) is 0 Å². The van der Waals surface area contributed by atoms with Crippen LogP contribution in [0.2, 0.25) is 0 Å². The quantitative estimate of drug-likeness (QED) is 0.255. The third-order valence-corrected chi connectivity index (χ3v) is 5.68. The van der Waals surface area contributed by atoms with Crippen molar-refractivity contribution < 1.29 is 46.7 Å². The molecule has 4 rings (SSSR count). The molecule has 1 heterocycles. The molecule has 4 bridgehead atoms. The SMILES string of the molecule is CC(=O)O.Oc1c2cccc1OCCCCCCCCOc1cccc(c1O)C=Nc1ccccc1N=C2.[Mn+2]. The van der Waals surface area contributed by atoms with Crippen LogP contribution in [0.4, 0.5) is 11.4 Å². The molecule has 0 amide bonds. The van der Waals surface area contributed by atoms with E-state index in [-0.39, 0.29) is 28.6 Å². The first kappa shape index (κ1) is 31.4. The van der Waals surface area contributed by atoms with E-state index in [9.17, 15) is 10.2 Å². The molecule has 0 fully saturated rings. The summed E-state index contributed by atoms with van der Waals surface area (Å²) in [5.41, 5.74) is 2.42. The van der Waals surface area contributed by atoms with Crippen molar-refractivity contribution in [3.8, 4) is 23.0 Å². The van der Waals surface area contributed by atoms with Gasteiger partial charge in [0.25, 0.3) is 5.97 Å². The van der Waals surface area contributed by atoms with E-state index in [2.05, 4.69) is 9.98 Å². The Kier molecular flexibility index (Phi) is 13.6. The number of phenols is 2. The minimum absolute atomic E-state index is 0. The fourth-order valence-corrected chi connectivity index (χ4v) is 3.76. The molecule has 0 saturated carbocycles. The molecule has 0 saturated heterocycles. The van der Waals surface area contributed by atoms with Crippen molar-refractivity contribution in [2.45, 2.75) is 45.4 Å². The Hall–Kier alpha value is -3.81. The van der Waals surface area contributed by atoms with E-state index >= 15 is 0 Å². The fraction of sp³-hybridized carbons (Fsp3) is 0.300. The number of nitrogens with zero attached hydrogens (tertiary/aromatic N) is 2. The van der Waals surface area contributed by atoms with Gasteiger partial charge in [-0.05, 0) is 49.2 Å². The van der Waals surface area contributed by atoms with Crippen LogP contribution in [0.15, 0.2) is 70.6 Å². The normalized spacial score (nSPS) is 13.9. The number of aromatic hydroxyl groups is 2. The van der Waals surface area contributed by atoms with Gasteiger partial charge in [-0.3, -0.25) is 14.8 Å². The zero-order valence-electron chi connectivity index (χ0n) is 21.9. The van der Waals surface area contributed by atoms with Crippen LogP contribution >= 0.6 is 0 Å². The van der Waals surface area contributed by atoms with Gasteiger partial charge < -0.3 is 24.8 Å². The number of ether oxygens (including phenoxy) is 2. The summed E-state index contributed by atoms with van der Waals surface area (Å²) < 4.78 is 11.6. The van der Waals surface area contributed by atoms with E-state index in [1.165, 1.54) is 0 Å². The van der Waals surface area contributed by atoms with Crippen molar-refractivity contribution in [2.24, 2.45) is 9.98 Å². The first-order chi connectivity index (χ1) is 18.5. The second-order valence-corrected chi connectivity index (χ2v) is 8.73. The number of rotatable bonds is 0. The Morgan fingerprint density at radius 1 is 0.667 bits per heavy atom. The zero-order valence-corrected chi connectivity index (χ0v) is 23.1. The molecule has 3 aromatic carbocycles. The molecule has 9 heteroatoms. The number of carboxylic acid groups (broad SMARTS) is 1. The minimum atomic E-state index is -0.833. The number of benzene rings is 3. The molecule has 39 heavy (non-hydrogen) atoms. The Bertz CT molecular complexity index is 1170. The number of carboxylic acids is 1. The summed E-state index contributed by atoms with van der Waals surface area (Å²) >= 11 is 0. The Morgan fingerprint density at radius 3 is 1.46 bits per heavy atom. The van der Waals surface area contributed by atoms with Crippen molar-refractivity contribution >= 4 is 29.8 Å². The first-order valence-electron chi connectivity index (χ1n) is 12.7. The predicted octanol–water partition coefficient (Wildman–Crippen LogP) is 6.80. The number of phenolic OH excluding ortho intramolecular Hbond substituents is 2. The molecule has 0 unspecified atom stereocenters. The van der Waals surface area contributed by atoms with Crippen molar-refractivity contribution in [3.05, 3.63) is 71.8 Å². The molecule has 3 aromatic rings. The molecular formula is C30H34MnN2O6+2. The van der Waals surface area contributed by atoms with Gasteiger partial charge in [0.2, 0.25) is 0 Å². The number of fused-ring (bicyclic) bond motifs is 5. The standard InChI is InChI=1S/C28H30N2O4.C2H4O2.Mn/c31-27-21-11-9-15-25(27)33-17-7-3-1-2-4-8-18-34-26-16-10-12-22(28(26)32)20-30-24-14-6-5-13-23(24)29-19-21;1-2(3)4;/h5-6,9-16,19-20,31-32H,1-4,7-8,17-18H2;1H3,(H,3,4);/q;;+2. The van der Waals surface area contributed by atoms with Crippen LogP contribution in [0.5, 0.6) is 23.0 Å². The maximum Gasteiger partial charge on any atom is 2.00 e. The van der Waals surface area contributed by atoms with E-state index in [0.29, 0.717) is 47.2 Å². The Morgan fingerprint density at radius 2 is 1.05 bits per heavy atom. The maximum atomic E-state index is 10.6. The number of aliphatic carboxylic acids is 1. The average Bonchev–Trinajstić information content (AvgIpc) is 2.89. The third kappa shape index (κ3) is 10.5. The molecule has 0 aromatic heterocycles. The second kappa shape index (κ2) is 16.9. The van der Waals surface area contributed by atoms with Gasteiger partial charge in [0.05, 0.1) is 24.6 Å². The third-order valence-electron chi connectivity index (χ3n) is 5.68. The number of para-hydroxylation sites is 4. The molecule has 0 atom stereocenters. The van der Waals surface area contributed by atoms with Crippen LogP contribution in [0.1, 0.15) is 56.6 Å². The van der Waals surface area contributed by atoms with E-state index < -0.39 is 5.97 Å². The van der Waals surface area contributed by atoms with Crippen LogP contribution < -0.4 is 9.47 Å². The second-order valence-electron chi connectivity index (χ2n) is 8.73. The van der Waals surface area contributed by atoms with Gasteiger partial charge in [-0.1, -0.05) is 49.9 Å². The summed E-state index contributed by atoms with van der Waals surface area (Å²) in [6.45, 7) is 2.20. The molecule has 1 aliphatic heterocycles. The van der Waals surface area contributed by atoms with Crippen molar-refractivity contribution in [1.29, 1.82) is 0 Å². The van der Waals surface area contributed by atoms with Gasteiger partial charge in [-0.25, -0.2) is 0 Å². The van der Waals surface area contributed by atoms with E-state index in [1.54, 1.807) is 36.7 Å². The molecule has 205 valence electrons. The minimum Gasteiger partial charge on any atom is -0.504 e. The van der Waals surface area contributed by atoms with Crippen LogP contribution in [-0.4, -0.2) is 46.9 Å². The summed E-state index contributed by atoms with van der Waals surface area (Å²) in [6.07, 6.45) is 9.46. The maximum absolute atomic E-state index is 10.6. The van der Waals surface area contributed by atoms with E-state index in [0.717, 1.165) is 45.4 Å². The summed E-state index contributed by atoms with van der Waals surface area (Å²) in [6, 6.07) is 18.2. The van der Waals surface area contributed by atoms with Crippen LogP contribution in [-0.2, 0) is 21.9 Å². The Labute approximate surface area is 239 Å². The van der Waals surface area contributed by atoms with Crippen molar-refractivity contribution in [3.63, 3.8) is 0 Å². The van der Waals surface area contributed by atoms with Gasteiger partial charge in [0.1, 0.15) is 0 Å². The summed E-state index contributed by atoms with van der Waals surface area (Å²) in [5, 5.41) is 28.7.